The first kappa shape index (κ1) is 18.7. The standard InChI is InChI=1S/C20H36N4O2/c25-20(24-11-9-22(10-12-24)18-3-1-2-4-18)17-21-7-5-19(6-8-21)23-13-15-26-16-14-23/h18-19H,1-17H2. The number of carbonyl (C=O) groups is 1. The Morgan fingerprint density at radius 3 is 1.96 bits per heavy atom. The van der Waals surface area contributed by atoms with E-state index >= 15 is 0 Å². The summed E-state index contributed by atoms with van der Waals surface area (Å²) in [7, 11) is 0. The van der Waals surface area contributed by atoms with Gasteiger partial charge in [0.1, 0.15) is 0 Å². The fourth-order valence-electron chi connectivity index (χ4n) is 5.28. The highest BCUT2D eigenvalue weighted by Crippen LogP contribution is 2.24. The van der Waals surface area contributed by atoms with Crippen molar-refractivity contribution in [1.82, 2.24) is 19.6 Å². The lowest BCUT2D eigenvalue weighted by atomic mass is 10.0. The Morgan fingerprint density at radius 1 is 0.731 bits per heavy atom. The van der Waals surface area contributed by atoms with Crippen LogP contribution in [0.15, 0.2) is 0 Å². The van der Waals surface area contributed by atoms with E-state index in [-0.39, 0.29) is 0 Å². The number of hydrogen-bond acceptors (Lipinski definition) is 5. The maximum Gasteiger partial charge on any atom is 0.236 e. The van der Waals surface area contributed by atoms with E-state index in [1.807, 2.05) is 0 Å². The predicted octanol–water partition coefficient (Wildman–Crippen LogP) is 0.870. The van der Waals surface area contributed by atoms with Crippen LogP contribution in [0.2, 0.25) is 0 Å². The summed E-state index contributed by atoms with van der Waals surface area (Å²) in [5.41, 5.74) is 0. The molecule has 0 aromatic carbocycles. The Hall–Kier alpha value is -0.690. The molecule has 3 saturated heterocycles. The van der Waals surface area contributed by atoms with Gasteiger partial charge in [0.05, 0.1) is 19.8 Å². The van der Waals surface area contributed by atoms with Crippen molar-refractivity contribution in [1.29, 1.82) is 0 Å². The van der Waals surface area contributed by atoms with Gasteiger partial charge in [0.25, 0.3) is 0 Å². The topological polar surface area (TPSA) is 39.3 Å². The summed E-state index contributed by atoms with van der Waals surface area (Å²) in [6.07, 6.45) is 7.91. The van der Waals surface area contributed by atoms with Gasteiger partial charge in [-0.15, -0.1) is 0 Å². The van der Waals surface area contributed by atoms with E-state index in [1.54, 1.807) is 0 Å². The van der Waals surface area contributed by atoms with Gasteiger partial charge in [-0.2, -0.15) is 0 Å². The summed E-state index contributed by atoms with van der Waals surface area (Å²) in [6.45, 7) is 10.7. The molecule has 6 nitrogen and oxygen atoms in total. The minimum atomic E-state index is 0.348. The molecule has 0 spiro atoms. The van der Waals surface area contributed by atoms with Crippen LogP contribution < -0.4 is 0 Å². The van der Waals surface area contributed by atoms with E-state index in [0.29, 0.717) is 18.5 Å². The molecule has 0 aromatic heterocycles. The number of nitrogens with zero attached hydrogens (tertiary/aromatic N) is 4. The van der Waals surface area contributed by atoms with Gasteiger partial charge in [-0.1, -0.05) is 12.8 Å². The molecule has 4 aliphatic rings. The molecule has 1 aliphatic carbocycles. The fraction of sp³-hybridized carbons (Fsp3) is 0.950. The number of rotatable bonds is 4. The van der Waals surface area contributed by atoms with E-state index in [0.717, 1.165) is 71.6 Å². The van der Waals surface area contributed by atoms with Crippen LogP contribution >= 0.6 is 0 Å². The Morgan fingerprint density at radius 2 is 1.31 bits per heavy atom. The number of carbonyl (C=O) groups excluding carboxylic acids is 1. The van der Waals surface area contributed by atoms with Crippen LogP contribution in [-0.4, -0.2) is 110 Å². The van der Waals surface area contributed by atoms with E-state index < -0.39 is 0 Å². The minimum Gasteiger partial charge on any atom is -0.379 e. The first-order valence-corrected chi connectivity index (χ1v) is 10.9. The summed E-state index contributed by atoms with van der Waals surface area (Å²) < 4.78 is 5.47. The number of morpholine rings is 1. The average Bonchev–Trinajstić information content (AvgIpc) is 3.24. The molecule has 6 heteroatoms. The van der Waals surface area contributed by atoms with Gasteiger partial charge in [-0.05, 0) is 25.7 Å². The second-order valence-corrected chi connectivity index (χ2v) is 8.51. The predicted molar refractivity (Wildman–Crippen MR) is 102 cm³/mol. The van der Waals surface area contributed by atoms with Crippen molar-refractivity contribution >= 4 is 5.91 Å². The van der Waals surface area contributed by atoms with Gasteiger partial charge in [0.15, 0.2) is 0 Å². The monoisotopic (exact) mass is 364 g/mol. The third-order valence-electron chi connectivity index (χ3n) is 6.99. The van der Waals surface area contributed by atoms with Crippen LogP contribution in [0.4, 0.5) is 0 Å². The van der Waals surface area contributed by atoms with Crippen molar-refractivity contribution in [2.75, 3.05) is 72.1 Å². The van der Waals surface area contributed by atoms with E-state index in [9.17, 15) is 4.79 Å². The molecule has 0 unspecified atom stereocenters. The quantitative estimate of drug-likeness (QED) is 0.740. The van der Waals surface area contributed by atoms with Crippen molar-refractivity contribution in [2.45, 2.75) is 50.6 Å². The van der Waals surface area contributed by atoms with Crippen LogP contribution in [-0.2, 0) is 9.53 Å². The summed E-state index contributed by atoms with van der Waals surface area (Å²) in [4.78, 5) is 22.4. The number of amides is 1. The summed E-state index contributed by atoms with van der Waals surface area (Å²) in [5.74, 6) is 0.348. The summed E-state index contributed by atoms with van der Waals surface area (Å²) in [6, 6.07) is 1.49. The van der Waals surface area contributed by atoms with Crippen molar-refractivity contribution in [3.8, 4) is 0 Å². The smallest absolute Gasteiger partial charge is 0.236 e. The largest absolute Gasteiger partial charge is 0.379 e. The molecular formula is C20H36N4O2. The molecule has 1 saturated carbocycles. The lowest BCUT2D eigenvalue weighted by molar-refractivity contribution is -0.135. The number of piperazine rings is 1. The Kier molecular flexibility index (Phi) is 6.46. The SMILES string of the molecule is O=C(CN1CCC(N2CCOCC2)CC1)N1CCN(C2CCCC2)CC1. The Bertz CT molecular complexity index is 447. The van der Waals surface area contributed by atoms with Gasteiger partial charge in [0, 0.05) is 64.4 Å². The fourth-order valence-corrected chi connectivity index (χ4v) is 5.28. The van der Waals surface area contributed by atoms with Gasteiger partial charge < -0.3 is 9.64 Å². The maximum absolute atomic E-state index is 12.7. The summed E-state index contributed by atoms with van der Waals surface area (Å²) in [5, 5.41) is 0. The van der Waals surface area contributed by atoms with Gasteiger partial charge in [-0.25, -0.2) is 0 Å². The van der Waals surface area contributed by atoms with Crippen molar-refractivity contribution in [3.05, 3.63) is 0 Å². The number of likely N-dealkylation sites (tertiary alicyclic amines) is 1. The molecular weight excluding hydrogens is 328 g/mol. The minimum absolute atomic E-state index is 0.348. The second kappa shape index (κ2) is 9.00. The zero-order chi connectivity index (χ0) is 17.8. The van der Waals surface area contributed by atoms with Crippen molar-refractivity contribution in [2.24, 2.45) is 0 Å². The van der Waals surface area contributed by atoms with E-state index in [2.05, 4.69) is 19.6 Å². The molecule has 26 heavy (non-hydrogen) atoms. The molecule has 148 valence electrons. The molecule has 3 heterocycles. The van der Waals surface area contributed by atoms with Crippen LogP contribution in [0.1, 0.15) is 38.5 Å². The zero-order valence-corrected chi connectivity index (χ0v) is 16.3. The number of hydrogen-bond donors (Lipinski definition) is 0. The first-order chi connectivity index (χ1) is 12.8. The highest BCUT2D eigenvalue weighted by Gasteiger charge is 2.30. The summed E-state index contributed by atoms with van der Waals surface area (Å²) >= 11 is 0. The molecule has 0 aromatic rings. The number of ether oxygens (including phenoxy) is 1. The van der Waals surface area contributed by atoms with E-state index in [4.69, 9.17) is 4.74 Å². The van der Waals surface area contributed by atoms with Gasteiger partial charge in [0.2, 0.25) is 5.91 Å². The zero-order valence-electron chi connectivity index (χ0n) is 16.3. The van der Waals surface area contributed by atoms with Crippen LogP contribution in [0, 0.1) is 0 Å². The number of piperidine rings is 1. The van der Waals surface area contributed by atoms with Crippen molar-refractivity contribution in [3.63, 3.8) is 0 Å². The maximum atomic E-state index is 12.7. The Balaban J connectivity index is 1.16. The second-order valence-electron chi connectivity index (χ2n) is 8.51. The first-order valence-electron chi connectivity index (χ1n) is 10.9. The van der Waals surface area contributed by atoms with Crippen LogP contribution in [0.5, 0.6) is 0 Å². The Labute approximate surface area is 158 Å². The molecule has 0 radical (unpaired) electrons. The van der Waals surface area contributed by atoms with Gasteiger partial charge in [-0.3, -0.25) is 19.5 Å². The van der Waals surface area contributed by atoms with E-state index in [1.165, 1.54) is 38.5 Å². The average molecular weight is 365 g/mol. The third kappa shape index (κ3) is 4.58. The van der Waals surface area contributed by atoms with Crippen LogP contribution in [0.3, 0.4) is 0 Å². The van der Waals surface area contributed by atoms with Gasteiger partial charge >= 0.3 is 0 Å². The lowest BCUT2D eigenvalue weighted by Crippen LogP contribution is -2.54. The highest BCUT2D eigenvalue weighted by molar-refractivity contribution is 5.78. The van der Waals surface area contributed by atoms with Crippen molar-refractivity contribution < 1.29 is 9.53 Å². The highest BCUT2D eigenvalue weighted by atomic mass is 16.5. The molecule has 4 fully saturated rings. The third-order valence-corrected chi connectivity index (χ3v) is 6.99. The normalized spacial score (nSPS) is 28.7. The molecule has 3 aliphatic heterocycles. The molecule has 1 amide bonds. The van der Waals surface area contributed by atoms with Crippen LogP contribution in [0.25, 0.3) is 0 Å². The molecule has 0 bridgehead atoms. The molecule has 0 atom stereocenters. The molecule has 4 rings (SSSR count). The lowest BCUT2D eigenvalue weighted by Gasteiger charge is -2.41. The molecule has 0 N–H and O–H groups in total.